The first kappa shape index (κ1) is 17.6. The van der Waals surface area contributed by atoms with Crippen molar-refractivity contribution < 1.29 is 18.4 Å². The Kier molecular flexibility index (Phi) is 6.01. The van der Waals surface area contributed by atoms with E-state index in [1.54, 1.807) is 0 Å². The number of nitrogens with one attached hydrogen (secondary N) is 2. The minimum Gasteiger partial charge on any atom is -0.351 e. The van der Waals surface area contributed by atoms with Gasteiger partial charge in [-0.2, -0.15) is 0 Å². The Labute approximate surface area is 138 Å². The number of benzene rings is 2. The van der Waals surface area contributed by atoms with E-state index in [2.05, 4.69) is 10.6 Å². The molecule has 2 amide bonds. The second kappa shape index (κ2) is 8.19. The molecule has 0 bridgehead atoms. The number of carbonyl (C=O) groups excluding carboxylic acids is 2. The molecular weight excluding hydrogens is 314 g/mol. The summed E-state index contributed by atoms with van der Waals surface area (Å²) in [5.74, 6) is -2.60. The van der Waals surface area contributed by atoms with Crippen LogP contribution in [0.25, 0.3) is 0 Å². The van der Waals surface area contributed by atoms with Crippen LogP contribution in [-0.2, 0) is 4.79 Å². The molecule has 2 aromatic carbocycles. The number of carbonyl (C=O) groups is 2. The summed E-state index contributed by atoms with van der Waals surface area (Å²) in [7, 11) is 0. The van der Waals surface area contributed by atoms with Gasteiger partial charge in [0.05, 0.1) is 11.6 Å². The molecular formula is C18H18F2N2O2. The molecule has 6 heteroatoms. The molecule has 0 saturated heterocycles. The highest BCUT2D eigenvalue weighted by atomic mass is 19.1. The van der Waals surface area contributed by atoms with E-state index < -0.39 is 17.5 Å². The summed E-state index contributed by atoms with van der Waals surface area (Å²) in [4.78, 5) is 23.7. The van der Waals surface area contributed by atoms with Gasteiger partial charge in [-0.1, -0.05) is 30.3 Å². The number of amides is 2. The Balaban J connectivity index is 1.79. The molecule has 1 atom stereocenters. The average molecular weight is 332 g/mol. The van der Waals surface area contributed by atoms with Crippen molar-refractivity contribution in [2.75, 3.05) is 6.54 Å². The van der Waals surface area contributed by atoms with Crippen LogP contribution in [0.5, 0.6) is 0 Å². The van der Waals surface area contributed by atoms with Gasteiger partial charge < -0.3 is 10.6 Å². The van der Waals surface area contributed by atoms with Crippen molar-refractivity contribution in [1.29, 1.82) is 0 Å². The van der Waals surface area contributed by atoms with Crippen molar-refractivity contribution in [3.05, 3.63) is 71.3 Å². The lowest BCUT2D eigenvalue weighted by Crippen LogP contribution is -2.32. The van der Waals surface area contributed by atoms with Gasteiger partial charge in [-0.15, -0.1) is 0 Å². The van der Waals surface area contributed by atoms with E-state index in [0.29, 0.717) is 6.07 Å². The van der Waals surface area contributed by atoms with Gasteiger partial charge in [-0.25, -0.2) is 8.78 Å². The largest absolute Gasteiger partial charge is 0.351 e. The molecule has 0 aromatic heterocycles. The quantitative estimate of drug-likeness (QED) is 0.854. The van der Waals surface area contributed by atoms with Gasteiger partial charge in [0.1, 0.15) is 11.6 Å². The van der Waals surface area contributed by atoms with Gasteiger partial charge in [-0.3, -0.25) is 9.59 Å². The summed E-state index contributed by atoms with van der Waals surface area (Å²) in [5.41, 5.74) is 0.720. The van der Waals surface area contributed by atoms with E-state index in [4.69, 9.17) is 0 Å². The van der Waals surface area contributed by atoms with Crippen molar-refractivity contribution in [3.63, 3.8) is 0 Å². The van der Waals surface area contributed by atoms with Gasteiger partial charge in [0.15, 0.2) is 0 Å². The molecule has 126 valence electrons. The fourth-order valence-electron chi connectivity index (χ4n) is 2.20. The fourth-order valence-corrected chi connectivity index (χ4v) is 2.20. The molecule has 0 aliphatic heterocycles. The molecule has 0 spiro atoms. The highest BCUT2D eigenvalue weighted by Gasteiger charge is 2.13. The smallest absolute Gasteiger partial charge is 0.254 e. The normalized spacial score (nSPS) is 11.6. The SMILES string of the molecule is CC(NC(=O)CCNC(=O)c1ccc(F)cc1F)c1ccccc1. The summed E-state index contributed by atoms with van der Waals surface area (Å²) >= 11 is 0. The molecule has 2 aromatic rings. The summed E-state index contributed by atoms with van der Waals surface area (Å²) in [6, 6.07) is 12.0. The maximum atomic E-state index is 13.5. The highest BCUT2D eigenvalue weighted by Crippen LogP contribution is 2.11. The third kappa shape index (κ3) is 4.87. The maximum Gasteiger partial charge on any atom is 0.254 e. The molecule has 24 heavy (non-hydrogen) atoms. The van der Waals surface area contributed by atoms with Crippen LogP contribution < -0.4 is 10.6 Å². The molecule has 0 aliphatic carbocycles. The molecule has 0 heterocycles. The molecule has 1 unspecified atom stereocenters. The van der Waals surface area contributed by atoms with Crippen molar-refractivity contribution >= 4 is 11.8 Å². The molecule has 0 saturated carbocycles. The molecule has 0 aliphatic rings. The lowest BCUT2D eigenvalue weighted by molar-refractivity contribution is -0.121. The van der Waals surface area contributed by atoms with Gasteiger partial charge >= 0.3 is 0 Å². The van der Waals surface area contributed by atoms with E-state index in [0.717, 1.165) is 17.7 Å². The van der Waals surface area contributed by atoms with E-state index in [1.807, 2.05) is 37.3 Å². The van der Waals surface area contributed by atoms with Crippen LogP contribution in [0, 0.1) is 11.6 Å². The molecule has 2 N–H and O–H groups in total. The Hall–Kier alpha value is -2.76. The van der Waals surface area contributed by atoms with Crippen LogP contribution in [-0.4, -0.2) is 18.4 Å². The first-order chi connectivity index (χ1) is 11.5. The van der Waals surface area contributed by atoms with Crippen LogP contribution >= 0.6 is 0 Å². The molecule has 0 radical (unpaired) electrons. The van der Waals surface area contributed by atoms with Crippen LogP contribution in [0.1, 0.15) is 35.3 Å². The lowest BCUT2D eigenvalue weighted by Gasteiger charge is -2.14. The summed E-state index contributed by atoms with van der Waals surface area (Å²) in [6.07, 6.45) is 0.0612. The van der Waals surface area contributed by atoms with E-state index in [1.165, 1.54) is 0 Å². The fraction of sp³-hybridized carbons (Fsp3) is 0.222. The molecule has 4 nitrogen and oxygen atoms in total. The number of rotatable bonds is 6. The lowest BCUT2D eigenvalue weighted by atomic mass is 10.1. The summed E-state index contributed by atoms with van der Waals surface area (Å²) in [5, 5.41) is 5.26. The van der Waals surface area contributed by atoms with Crippen LogP contribution in [0.4, 0.5) is 8.78 Å². The van der Waals surface area contributed by atoms with Crippen molar-refractivity contribution in [1.82, 2.24) is 10.6 Å². The number of hydrogen-bond acceptors (Lipinski definition) is 2. The number of halogens is 2. The van der Waals surface area contributed by atoms with E-state index in [-0.39, 0.29) is 30.5 Å². The van der Waals surface area contributed by atoms with Gasteiger partial charge in [0, 0.05) is 19.0 Å². The van der Waals surface area contributed by atoms with E-state index >= 15 is 0 Å². The minimum atomic E-state index is -0.936. The Morgan fingerprint density at radius 1 is 1.08 bits per heavy atom. The van der Waals surface area contributed by atoms with Gasteiger partial charge in [-0.05, 0) is 24.6 Å². The molecule has 2 rings (SSSR count). The first-order valence-electron chi connectivity index (χ1n) is 7.55. The molecule has 0 fully saturated rings. The number of hydrogen-bond donors (Lipinski definition) is 2. The monoisotopic (exact) mass is 332 g/mol. The van der Waals surface area contributed by atoms with Gasteiger partial charge in [0.25, 0.3) is 5.91 Å². The predicted molar refractivity (Wildman–Crippen MR) is 86.3 cm³/mol. The predicted octanol–water partition coefficient (Wildman–Crippen LogP) is 2.96. The maximum absolute atomic E-state index is 13.5. The zero-order chi connectivity index (χ0) is 17.5. The summed E-state index contributed by atoms with van der Waals surface area (Å²) in [6.45, 7) is 1.92. The zero-order valence-corrected chi connectivity index (χ0v) is 13.2. The highest BCUT2D eigenvalue weighted by molar-refractivity contribution is 5.94. The average Bonchev–Trinajstić information content (AvgIpc) is 2.55. The second-order valence-electron chi connectivity index (χ2n) is 5.33. The van der Waals surface area contributed by atoms with Crippen LogP contribution in [0.3, 0.4) is 0 Å². The Morgan fingerprint density at radius 2 is 1.79 bits per heavy atom. The Bertz CT molecular complexity index is 720. The third-order valence-electron chi connectivity index (χ3n) is 3.49. The van der Waals surface area contributed by atoms with Crippen molar-refractivity contribution in [3.8, 4) is 0 Å². The van der Waals surface area contributed by atoms with Crippen molar-refractivity contribution in [2.24, 2.45) is 0 Å². The third-order valence-corrected chi connectivity index (χ3v) is 3.49. The first-order valence-corrected chi connectivity index (χ1v) is 7.55. The topological polar surface area (TPSA) is 58.2 Å². The zero-order valence-electron chi connectivity index (χ0n) is 13.2. The second-order valence-corrected chi connectivity index (χ2v) is 5.33. The van der Waals surface area contributed by atoms with Gasteiger partial charge in [0.2, 0.25) is 5.91 Å². The summed E-state index contributed by atoms with van der Waals surface area (Å²) < 4.78 is 26.3. The van der Waals surface area contributed by atoms with Crippen molar-refractivity contribution in [2.45, 2.75) is 19.4 Å². The minimum absolute atomic E-state index is 0.0585. The Morgan fingerprint density at radius 3 is 2.46 bits per heavy atom. The van der Waals surface area contributed by atoms with E-state index in [9.17, 15) is 18.4 Å². The van der Waals surface area contributed by atoms with Crippen LogP contribution in [0.2, 0.25) is 0 Å². The van der Waals surface area contributed by atoms with Crippen LogP contribution in [0.15, 0.2) is 48.5 Å². The standard InChI is InChI=1S/C18H18F2N2O2/c1-12(13-5-3-2-4-6-13)22-17(23)9-10-21-18(24)15-8-7-14(19)11-16(15)20/h2-8,11-12H,9-10H2,1H3,(H,21,24)(H,22,23).